The monoisotopic (exact) mass is 262 g/mol. The highest BCUT2D eigenvalue weighted by Gasteiger charge is 2.09. The molecule has 1 atom stereocenters. The van der Waals surface area contributed by atoms with E-state index in [0.717, 1.165) is 6.42 Å². The van der Waals surface area contributed by atoms with Gasteiger partial charge in [0.2, 0.25) is 5.95 Å². The molecule has 0 aliphatic carbocycles. The van der Waals surface area contributed by atoms with Crippen LogP contribution in [0, 0.1) is 0 Å². The number of nitrogens with one attached hydrogen (secondary N) is 2. The van der Waals surface area contributed by atoms with Crippen molar-refractivity contribution in [2.75, 3.05) is 24.8 Å². The van der Waals surface area contributed by atoms with Crippen molar-refractivity contribution in [3.63, 3.8) is 0 Å². The van der Waals surface area contributed by atoms with E-state index in [1.165, 1.54) is 0 Å². The Hall–Kier alpha value is -2.08. The summed E-state index contributed by atoms with van der Waals surface area (Å²) in [5.74, 6) is 0.450. The van der Waals surface area contributed by atoms with E-state index in [0.29, 0.717) is 29.1 Å². The van der Waals surface area contributed by atoms with Crippen molar-refractivity contribution < 1.29 is 4.74 Å². The Kier molecular flexibility index (Phi) is 4.01. The zero-order chi connectivity index (χ0) is 13.8. The van der Waals surface area contributed by atoms with Crippen LogP contribution in [0.4, 0.5) is 11.6 Å². The van der Waals surface area contributed by atoms with Gasteiger partial charge in [-0.15, -0.1) is 0 Å². The first kappa shape index (κ1) is 13.4. The quantitative estimate of drug-likeness (QED) is 0.707. The maximum atomic E-state index is 12.0. The number of anilines is 2. The van der Waals surface area contributed by atoms with Gasteiger partial charge in [0.25, 0.3) is 5.56 Å². The van der Waals surface area contributed by atoms with E-state index >= 15 is 0 Å². The summed E-state index contributed by atoms with van der Waals surface area (Å²) in [5, 5.41) is 3.65. The van der Waals surface area contributed by atoms with Crippen molar-refractivity contribution in [3.8, 4) is 0 Å². The van der Waals surface area contributed by atoms with Crippen LogP contribution in [0.1, 0.15) is 13.3 Å². The van der Waals surface area contributed by atoms with E-state index in [1.54, 1.807) is 25.3 Å². The van der Waals surface area contributed by atoms with Gasteiger partial charge < -0.3 is 15.8 Å². The van der Waals surface area contributed by atoms with Crippen LogP contribution >= 0.6 is 0 Å². The number of hydrogen-bond donors (Lipinski definition) is 3. The van der Waals surface area contributed by atoms with Crippen LogP contribution in [0.25, 0.3) is 10.9 Å². The first-order valence-corrected chi connectivity index (χ1v) is 6.19. The summed E-state index contributed by atoms with van der Waals surface area (Å²) in [6, 6.07) is 5.20. The Labute approximate surface area is 111 Å². The number of ether oxygens (including phenoxy) is 1. The fraction of sp³-hybridized carbons (Fsp3) is 0.385. The molecule has 19 heavy (non-hydrogen) atoms. The molecule has 2 rings (SSSR count). The number of nitrogens with two attached hydrogens (primary N) is 1. The molecular weight excluding hydrogens is 244 g/mol. The fourth-order valence-corrected chi connectivity index (χ4v) is 1.88. The number of fused-ring (bicyclic) bond motifs is 1. The lowest BCUT2D eigenvalue weighted by atomic mass is 10.2. The molecule has 0 bridgehead atoms. The first-order valence-electron chi connectivity index (χ1n) is 6.19. The predicted molar refractivity (Wildman–Crippen MR) is 76.4 cm³/mol. The molecule has 6 heteroatoms. The fourth-order valence-electron chi connectivity index (χ4n) is 1.88. The summed E-state index contributed by atoms with van der Waals surface area (Å²) >= 11 is 0. The summed E-state index contributed by atoms with van der Waals surface area (Å²) in [6.45, 7) is 2.59. The van der Waals surface area contributed by atoms with Crippen molar-refractivity contribution in [1.29, 1.82) is 0 Å². The molecule has 102 valence electrons. The predicted octanol–water partition coefficient (Wildman–Crippen LogP) is 1.34. The van der Waals surface area contributed by atoms with Gasteiger partial charge in [0, 0.05) is 12.8 Å². The molecule has 0 saturated carbocycles. The molecule has 1 unspecified atom stereocenters. The lowest BCUT2D eigenvalue weighted by molar-refractivity contribution is 0.184. The molecule has 0 fully saturated rings. The maximum absolute atomic E-state index is 12.0. The molecule has 6 nitrogen and oxygen atoms in total. The molecule has 0 radical (unpaired) electrons. The van der Waals surface area contributed by atoms with E-state index in [4.69, 9.17) is 10.5 Å². The molecule has 4 N–H and O–H groups in total. The second-order valence-corrected chi connectivity index (χ2v) is 4.40. The average Bonchev–Trinajstić information content (AvgIpc) is 2.39. The van der Waals surface area contributed by atoms with Crippen LogP contribution in [0.5, 0.6) is 0 Å². The van der Waals surface area contributed by atoms with Crippen LogP contribution in [-0.4, -0.2) is 29.7 Å². The highest BCUT2D eigenvalue weighted by Crippen LogP contribution is 2.13. The Bertz CT molecular complexity index is 624. The average molecular weight is 262 g/mol. The second kappa shape index (κ2) is 5.71. The highest BCUT2D eigenvalue weighted by molar-refractivity contribution is 5.81. The summed E-state index contributed by atoms with van der Waals surface area (Å²) < 4.78 is 5.10. The number of aromatic nitrogens is 2. The van der Waals surface area contributed by atoms with Crippen LogP contribution < -0.4 is 16.6 Å². The number of benzene rings is 1. The number of methoxy groups -OCH3 is 1. The molecule has 0 saturated heterocycles. The van der Waals surface area contributed by atoms with Crippen LogP contribution in [-0.2, 0) is 4.74 Å². The summed E-state index contributed by atoms with van der Waals surface area (Å²) in [4.78, 5) is 19.0. The number of rotatable bonds is 5. The van der Waals surface area contributed by atoms with Gasteiger partial charge in [-0.05, 0) is 24.6 Å². The van der Waals surface area contributed by atoms with Gasteiger partial charge in [0.05, 0.1) is 23.6 Å². The van der Waals surface area contributed by atoms with E-state index in [2.05, 4.69) is 15.3 Å². The number of H-pyrrole nitrogens is 1. The van der Waals surface area contributed by atoms with Crippen molar-refractivity contribution in [2.24, 2.45) is 0 Å². The molecule has 1 heterocycles. The summed E-state index contributed by atoms with van der Waals surface area (Å²) in [5.41, 5.74) is 6.62. The molecule has 1 aromatic heterocycles. The van der Waals surface area contributed by atoms with E-state index < -0.39 is 0 Å². The van der Waals surface area contributed by atoms with E-state index in [1.807, 2.05) is 6.92 Å². The van der Waals surface area contributed by atoms with Crippen LogP contribution in [0.3, 0.4) is 0 Å². The maximum Gasteiger partial charge on any atom is 0.260 e. The number of aromatic amines is 1. The number of nitrogen functional groups attached to an aromatic ring is 1. The third-order valence-electron chi connectivity index (χ3n) is 2.93. The number of hydrogen-bond acceptors (Lipinski definition) is 5. The Balaban J connectivity index is 2.35. The molecule has 0 aliphatic rings. The smallest absolute Gasteiger partial charge is 0.260 e. The Morgan fingerprint density at radius 3 is 3.00 bits per heavy atom. The standard InChI is InChI=1S/C13H18N4O2/c1-3-9(7-19-2)15-13-16-11-5-4-8(14)6-10(11)12(18)17-13/h4-6,9H,3,7,14H2,1-2H3,(H2,15,16,17,18). The highest BCUT2D eigenvalue weighted by atomic mass is 16.5. The Morgan fingerprint density at radius 1 is 1.53 bits per heavy atom. The zero-order valence-corrected chi connectivity index (χ0v) is 11.1. The van der Waals surface area contributed by atoms with Crippen LogP contribution in [0.15, 0.2) is 23.0 Å². The van der Waals surface area contributed by atoms with Crippen molar-refractivity contribution in [3.05, 3.63) is 28.6 Å². The van der Waals surface area contributed by atoms with Gasteiger partial charge in [-0.25, -0.2) is 4.98 Å². The van der Waals surface area contributed by atoms with Gasteiger partial charge in [0.1, 0.15) is 0 Å². The van der Waals surface area contributed by atoms with Gasteiger partial charge >= 0.3 is 0 Å². The minimum absolute atomic E-state index is 0.111. The SMILES string of the molecule is CCC(COC)Nc1nc2ccc(N)cc2c(=O)[nH]1. The lowest BCUT2D eigenvalue weighted by Crippen LogP contribution is -2.26. The third-order valence-corrected chi connectivity index (χ3v) is 2.93. The minimum Gasteiger partial charge on any atom is -0.399 e. The van der Waals surface area contributed by atoms with Crippen molar-refractivity contribution in [2.45, 2.75) is 19.4 Å². The molecular formula is C13H18N4O2. The first-order chi connectivity index (χ1) is 9.13. The van der Waals surface area contributed by atoms with Crippen molar-refractivity contribution in [1.82, 2.24) is 9.97 Å². The zero-order valence-electron chi connectivity index (χ0n) is 11.1. The molecule has 1 aromatic carbocycles. The van der Waals surface area contributed by atoms with E-state index in [9.17, 15) is 4.79 Å². The molecule has 0 amide bonds. The topological polar surface area (TPSA) is 93.0 Å². The largest absolute Gasteiger partial charge is 0.399 e. The van der Waals surface area contributed by atoms with Gasteiger partial charge in [-0.3, -0.25) is 9.78 Å². The third kappa shape index (κ3) is 3.03. The lowest BCUT2D eigenvalue weighted by Gasteiger charge is -2.16. The summed E-state index contributed by atoms with van der Waals surface area (Å²) in [7, 11) is 1.64. The van der Waals surface area contributed by atoms with Crippen molar-refractivity contribution >= 4 is 22.5 Å². The molecule has 0 aliphatic heterocycles. The summed E-state index contributed by atoms with van der Waals surface area (Å²) in [6.07, 6.45) is 0.872. The van der Waals surface area contributed by atoms with Gasteiger partial charge in [-0.2, -0.15) is 0 Å². The number of nitrogens with zero attached hydrogens (tertiary/aromatic N) is 1. The molecule has 0 spiro atoms. The Morgan fingerprint density at radius 2 is 2.32 bits per heavy atom. The second-order valence-electron chi connectivity index (χ2n) is 4.40. The van der Waals surface area contributed by atoms with E-state index in [-0.39, 0.29) is 11.6 Å². The molecule has 2 aromatic rings. The van der Waals surface area contributed by atoms with Gasteiger partial charge in [-0.1, -0.05) is 6.92 Å². The van der Waals surface area contributed by atoms with Crippen LogP contribution in [0.2, 0.25) is 0 Å². The minimum atomic E-state index is -0.202. The van der Waals surface area contributed by atoms with Gasteiger partial charge in [0.15, 0.2) is 0 Å². The normalized spacial score (nSPS) is 12.5.